The number of rotatable bonds is 17. The first kappa shape index (κ1) is 66.2. The quantitative estimate of drug-likeness (QED) is 0.0463. The molecule has 24 nitrogen and oxygen atoms in total. The molecule has 7 amide bonds. The summed E-state index contributed by atoms with van der Waals surface area (Å²) in [5, 5.41) is 65.3. The number of aliphatic carboxylic acids is 2. The topological polar surface area (TPSA) is 407 Å². The smallest absolute Gasteiger partial charge is 0.300 e. The number of hydrogen-bond acceptors (Lipinski definition) is 16. The lowest BCUT2D eigenvalue weighted by atomic mass is 10.0. The number of nitrogens with one attached hydrogen (secondary N) is 8. The predicted octanol–water partition coefficient (Wildman–Crippen LogP) is -0.624. The number of amides is 7. The van der Waals surface area contributed by atoms with Crippen LogP contribution in [0.1, 0.15) is 63.6 Å². The van der Waals surface area contributed by atoms with Gasteiger partial charge in [-0.25, -0.2) is 0 Å². The fourth-order valence-electron chi connectivity index (χ4n) is 7.73. The molecule has 0 aliphatic carbocycles. The molecule has 79 heavy (non-hydrogen) atoms. The van der Waals surface area contributed by atoms with Crippen molar-refractivity contribution < 1.29 is 68.7 Å². The molecular weight excluding hydrogens is 1060 g/mol. The minimum atomic E-state index is -1.66. The van der Waals surface area contributed by atoms with E-state index in [1.807, 2.05) is 30.3 Å². The van der Waals surface area contributed by atoms with Crippen molar-refractivity contribution >= 4 is 85.8 Å². The van der Waals surface area contributed by atoms with E-state index in [0.717, 1.165) is 51.9 Å². The van der Waals surface area contributed by atoms with Crippen LogP contribution in [0.4, 0.5) is 0 Å². The van der Waals surface area contributed by atoms with Gasteiger partial charge in [0, 0.05) is 55.3 Å². The van der Waals surface area contributed by atoms with Crippen LogP contribution in [-0.2, 0) is 62.4 Å². The average molecular weight is 1140 g/mol. The van der Waals surface area contributed by atoms with Crippen LogP contribution < -0.4 is 48.7 Å². The van der Waals surface area contributed by atoms with E-state index in [2.05, 4.69) is 42.2 Å². The van der Waals surface area contributed by atoms with Gasteiger partial charge in [0.25, 0.3) is 11.9 Å². The molecule has 0 saturated carbocycles. The summed E-state index contributed by atoms with van der Waals surface area (Å²) < 4.78 is 0. The number of aliphatic hydroxyl groups excluding tert-OH is 3. The number of carbonyl (C=O) groups is 9. The van der Waals surface area contributed by atoms with Crippen molar-refractivity contribution in [3.8, 4) is 0 Å². The second-order valence-corrected chi connectivity index (χ2v) is 21.1. The number of unbranched alkanes of at least 4 members (excludes halogenated alkanes) is 1. The summed E-state index contributed by atoms with van der Waals surface area (Å²) in [6, 6.07) is 14.6. The maximum absolute atomic E-state index is 14.7. The first-order valence-electron chi connectivity index (χ1n) is 25.4. The molecule has 1 aliphatic heterocycles. The van der Waals surface area contributed by atoms with Gasteiger partial charge in [0.2, 0.25) is 41.4 Å². The predicted molar refractivity (Wildman–Crippen MR) is 299 cm³/mol. The number of carbonyl (C=O) groups excluding carboxylic acids is 7. The number of carboxylic acids is 2. The fourth-order valence-corrected chi connectivity index (χ4v) is 10.1. The van der Waals surface area contributed by atoms with Gasteiger partial charge < -0.3 is 79.2 Å². The Morgan fingerprint density at radius 2 is 1.22 bits per heavy atom. The number of aromatic nitrogens is 1. The summed E-state index contributed by atoms with van der Waals surface area (Å²) in [5.74, 6) is -7.68. The van der Waals surface area contributed by atoms with Crippen LogP contribution in [0, 0.1) is 0 Å². The summed E-state index contributed by atoms with van der Waals surface area (Å²) in [7, 11) is 2.06. The maximum atomic E-state index is 14.7. The van der Waals surface area contributed by atoms with Gasteiger partial charge in [0.05, 0.1) is 30.9 Å². The summed E-state index contributed by atoms with van der Waals surface area (Å²) >= 11 is 0. The van der Waals surface area contributed by atoms with E-state index in [4.69, 9.17) is 31.3 Å². The molecule has 4 aromatic rings. The van der Waals surface area contributed by atoms with E-state index in [1.165, 1.54) is 13.8 Å². The van der Waals surface area contributed by atoms with Crippen LogP contribution in [0.25, 0.3) is 10.9 Å². The Labute approximate surface area is 465 Å². The average Bonchev–Trinajstić information content (AvgIpc) is 3.83. The van der Waals surface area contributed by atoms with Gasteiger partial charge in [-0.15, -0.1) is 0 Å². The van der Waals surface area contributed by atoms with E-state index in [0.29, 0.717) is 24.0 Å². The highest BCUT2D eigenvalue weighted by atomic mass is 33.1. The molecule has 3 aromatic carbocycles. The van der Waals surface area contributed by atoms with E-state index in [9.17, 15) is 48.9 Å². The van der Waals surface area contributed by atoms with Crippen molar-refractivity contribution in [2.75, 3.05) is 24.7 Å². The van der Waals surface area contributed by atoms with Gasteiger partial charge in [-0.3, -0.25) is 43.2 Å². The van der Waals surface area contributed by atoms with Crippen molar-refractivity contribution in [2.24, 2.45) is 11.5 Å². The largest absolute Gasteiger partial charge is 0.481 e. The Morgan fingerprint density at radius 3 is 1.80 bits per heavy atom. The summed E-state index contributed by atoms with van der Waals surface area (Å²) in [4.78, 5) is 121. The molecule has 26 heteroatoms. The summed E-state index contributed by atoms with van der Waals surface area (Å²) in [6.07, 6.45) is -0.156. The van der Waals surface area contributed by atoms with Gasteiger partial charge in [0.15, 0.2) is 0 Å². The van der Waals surface area contributed by atoms with E-state index in [-0.39, 0.29) is 43.7 Å². The number of aliphatic hydroxyl groups is 3. The van der Waals surface area contributed by atoms with Crippen molar-refractivity contribution in [2.45, 2.75) is 127 Å². The number of nitrogens with two attached hydrogens (primary N) is 2. The van der Waals surface area contributed by atoms with Crippen LogP contribution in [-0.4, -0.2) is 169 Å². The van der Waals surface area contributed by atoms with Crippen molar-refractivity contribution in [1.82, 2.24) is 42.2 Å². The maximum Gasteiger partial charge on any atom is 0.300 e. The third-order valence-corrected chi connectivity index (χ3v) is 14.3. The highest BCUT2D eigenvalue weighted by Gasteiger charge is 2.36. The van der Waals surface area contributed by atoms with Crippen LogP contribution in [0.15, 0.2) is 91.1 Å². The Bertz CT molecular complexity index is 2590. The van der Waals surface area contributed by atoms with Gasteiger partial charge >= 0.3 is 0 Å². The molecule has 0 spiro atoms. The van der Waals surface area contributed by atoms with E-state index in [1.54, 1.807) is 60.8 Å². The molecule has 432 valence electrons. The number of fused-ring (bicyclic) bond motifs is 1. The first-order chi connectivity index (χ1) is 37.5. The van der Waals surface area contributed by atoms with Crippen molar-refractivity contribution in [1.29, 1.82) is 0 Å². The van der Waals surface area contributed by atoms with Crippen LogP contribution >= 0.6 is 21.6 Å². The highest BCUT2D eigenvalue weighted by Crippen LogP contribution is 2.24. The molecular formula is C53H74N10O14S2. The lowest BCUT2D eigenvalue weighted by molar-refractivity contribution is -0.136. The normalized spacial score (nSPS) is 21.2. The minimum Gasteiger partial charge on any atom is -0.481 e. The monoisotopic (exact) mass is 1140 g/mol. The molecule has 1 saturated heterocycles. The van der Waals surface area contributed by atoms with Crippen molar-refractivity contribution in [3.63, 3.8) is 0 Å². The lowest BCUT2D eigenvalue weighted by Gasteiger charge is -2.29. The van der Waals surface area contributed by atoms with Crippen LogP contribution in [0.2, 0.25) is 0 Å². The number of carboxylic acid groups (broad SMARTS) is 2. The highest BCUT2D eigenvalue weighted by molar-refractivity contribution is 8.76. The number of benzene rings is 3. The molecule has 1 aliphatic rings. The Kier molecular flexibility index (Phi) is 29.1. The molecule has 0 bridgehead atoms. The van der Waals surface area contributed by atoms with Gasteiger partial charge in [0.1, 0.15) is 36.3 Å². The minimum absolute atomic E-state index is 0.0340. The summed E-state index contributed by atoms with van der Waals surface area (Å²) in [5.41, 5.74) is 15.0. The zero-order valence-electron chi connectivity index (χ0n) is 44.4. The van der Waals surface area contributed by atoms with Gasteiger partial charge in [-0.2, -0.15) is 0 Å². The third-order valence-electron chi connectivity index (χ3n) is 11.9. The third kappa shape index (κ3) is 23.8. The zero-order chi connectivity index (χ0) is 58.6. The Balaban J connectivity index is 0.00000191. The molecule has 17 N–H and O–H groups in total. The molecule has 0 radical (unpaired) electrons. The van der Waals surface area contributed by atoms with Gasteiger partial charge in [-0.05, 0) is 68.8 Å². The molecule has 1 aromatic heterocycles. The van der Waals surface area contributed by atoms with Crippen LogP contribution in [0.5, 0.6) is 0 Å². The molecule has 5 rings (SSSR count). The zero-order valence-corrected chi connectivity index (χ0v) is 46.0. The fraction of sp³-hybridized carbons (Fsp3) is 0.453. The first-order valence-corrected chi connectivity index (χ1v) is 27.8. The second-order valence-electron chi connectivity index (χ2n) is 18.5. The van der Waals surface area contributed by atoms with Crippen LogP contribution in [0.3, 0.4) is 0 Å². The SMILES string of the molecule is CC(=O)O.CC(=O)O.C[C@@H](O)[C@@H]1NC(=O)[C@H](CCCCN)NC(=O)[C@@H](Cc2c[nH]c3ccccc23)NC(=O)[C@H](Cc2ccccc2)NC(=O)[C@@H](NC(=O)[C@H](N)Cc2ccccc2)CSSC[C@@H](C(=O)N[C@H](CO)[C@@H](C)O)NC1=O. The molecule has 2 heterocycles. The van der Waals surface area contributed by atoms with E-state index >= 15 is 0 Å². The molecule has 1 fully saturated rings. The summed E-state index contributed by atoms with van der Waals surface area (Å²) in [6.45, 7) is 4.39. The Hall–Kier alpha value is -7.07. The van der Waals surface area contributed by atoms with Gasteiger partial charge in [-0.1, -0.05) is 100 Å². The number of hydrogen-bond donors (Lipinski definition) is 15. The Morgan fingerprint density at radius 1 is 0.684 bits per heavy atom. The number of aromatic amines is 1. The lowest BCUT2D eigenvalue weighted by Crippen LogP contribution is -2.62. The molecule has 0 unspecified atom stereocenters. The second kappa shape index (κ2) is 34.7. The molecule has 10 atom stereocenters. The standard InChI is InChI=1S/C49H66N10O10S2.2C2H4O2/c1-28(61)39(25-60)56-48(68)41-27-71-70-26-40(57-43(63)34(51)21-30-13-5-3-6-14-30)47(67)54-37(22-31-15-7-4-8-16-31)45(65)55-38(23-32-24-52-35-18-10-9-17-33(32)35)46(66)53-36(19-11-12-20-50)44(64)59-42(29(2)62)49(69)58-41;2*1-2(3)4/h3-10,13-18,24,28-29,34,36-42,52,60-62H,11-12,19-23,25-27,50-51H2,1-2H3,(H,53,66)(H,54,67)(H,55,65)(H,56,68)(H,57,63)(H,58,69)(H,59,64);2*1H3,(H,3,4)/t28-,29-,34-,36+,37+,38-,39-,40+,41+,42+;;/m1../s1. The number of para-hydroxylation sites is 1. The van der Waals surface area contributed by atoms with E-state index < -0.39 is 120 Å². The van der Waals surface area contributed by atoms with Crippen molar-refractivity contribution in [3.05, 3.63) is 108 Å². The number of H-pyrrole nitrogens is 1.